The molecule has 1 N–H and O–H groups in total. The lowest BCUT2D eigenvalue weighted by Crippen LogP contribution is -2.42. The maximum atomic E-state index is 5.56. The molecule has 0 radical (unpaired) electrons. The normalized spacial score (nSPS) is 14.4. The van der Waals surface area contributed by atoms with Crippen molar-refractivity contribution in [2.24, 2.45) is 5.41 Å². The second kappa shape index (κ2) is 8.08. The third-order valence-electron chi connectivity index (χ3n) is 3.12. The first-order chi connectivity index (χ1) is 7.45. The lowest BCUT2D eigenvalue weighted by molar-refractivity contribution is 0.0153. The zero-order valence-corrected chi connectivity index (χ0v) is 12.1. The van der Waals surface area contributed by atoms with Crippen LogP contribution in [0.2, 0.25) is 0 Å². The SMILES string of the molecule is CCCC(CCC)NCC(OC)C(C)(C)C. The van der Waals surface area contributed by atoms with Gasteiger partial charge in [-0.25, -0.2) is 0 Å². The molecule has 0 saturated carbocycles. The summed E-state index contributed by atoms with van der Waals surface area (Å²) in [7, 11) is 1.81. The average molecular weight is 229 g/mol. The Labute approximate surface area is 102 Å². The second-order valence-corrected chi connectivity index (χ2v) is 5.77. The molecule has 0 aromatic carbocycles. The standard InChI is InChI=1S/C14H31NO/c1-7-9-12(10-8-2)15-11-13(16-6)14(3,4)5/h12-13,15H,7-11H2,1-6H3. The molecule has 0 heterocycles. The molecule has 98 valence electrons. The number of hydrogen-bond acceptors (Lipinski definition) is 2. The quantitative estimate of drug-likeness (QED) is 0.686. The van der Waals surface area contributed by atoms with Crippen molar-refractivity contribution < 1.29 is 4.74 Å². The van der Waals surface area contributed by atoms with E-state index in [1.807, 2.05) is 7.11 Å². The van der Waals surface area contributed by atoms with Crippen LogP contribution in [-0.2, 0) is 4.74 Å². The minimum Gasteiger partial charge on any atom is -0.380 e. The van der Waals surface area contributed by atoms with Gasteiger partial charge in [-0.2, -0.15) is 0 Å². The average Bonchev–Trinajstić information content (AvgIpc) is 2.17. The Morgan fingerprint density at radius 1 is 1.06 bits per heavy atom. The molecule has 0 bridgehead atoms. The number of rotatable bonds is 8. The maximum Gasteiger partial charge on any atom is 0.0743 e. The van der Waals surface area contributed by atoms with Gasteiger partial charge in [-0.05, 0) is 18.3 Å². The monoisotopic (exact) mass is 229 g/mol. The summed E-state index contributed by atoms with van der Waals surface area (Å²) >= 11 is 0. The van der Waals surface area contributed by atoms with Gasteiger partial charge in [-0.15, -0.1) is 0 Å². The van der Waals surface area contributed by atoms with Gasteiger partial charge < -0.3 is 10.1 Å². The molecule has 0 aliphatic rings. The summed E-state index contributed by atoms with van der Waals surface area (Å²) < 4.78 is 5.56. The number of hydrogen-bond donors (Lipinski definition) is 1. The summed E-state index contributed by atoms with van der Waals surface area (Å²) in [5.41, 5.74) is 0.213. The van der Waals surface area contributed by atoms with E-state index in [9.17, 15) is 0 Å². The molecule has 0 rings (SSSR count). The first-order valence-corrected chi connectivity index (χ1v) is 6.71. The molecule has 16 heavy (non-hydrogen) atoms. The fourth-order valence-corrected chi connectivity index (χ4v) is 2.06. The molecule has 0 aromatic heterocycles. The second-order valence-electron chi connectivity index (χ2n) is 5.77. The Hall–Kier alpha value is -0.0800. The smallest absolute Gasteiger partial charge is 0.0743 e. The highest BCUT2D eigenvalue weighted by Crippen LogP contribution is 2.21. The fraction of sp³-hybridized carbons (Fsp3) is 1.00. The van der Waals surface area contributed by atoms with Crippen molar-refractivity contribution in [2.75, 3.05) is 13.7 Å². The fourth-order valence-electron chi connectivity index (χ4n) is 2.06. The van der Waals surface area contributed by atoms with Crippen LogP contribution in [0, 0.1) is 5.41 Å². The van der Waals surface area contributed by atoms with Gasteiger partial charge in [0.15, 0.2) is 0 Å². The van der Waals surface area contributed by atoms with Crippen LogP contribution in [0.4, 0.5) is 0 Å². The van der Waals surface area contributed by atoms with Gasteiger partial charge in [-0.1, -0.05) is 47.5 Å². The Balaban J connectivity index is 4.05. The van der Waals surface area contributed by atoms with Gasteiger partial charge in [0.2, 0.25) is 0 Å². The van der Waals surface area contributed by atoms with E-state index in [1.54, 1.807) is 0 Å². The molecule has 1 unspecified atom stereocenters. The molecule has 0 saturated heterocycles. The van der Waals surface area contributed by atoms with E-state index in [0.29, 0.717) is 12.1 Å². The van der Waals surface area contributed by atoms with E-state index >= 15 is 0 Å². The van der Waals surface area contributed by atoms with Crippen molar-refractivity contribution in [3.63, 3.8) is 0 Å². The highest BCUT2D eigenvalue weighted by molar-refractivity contribution is 4.78. The zero-order valence-electron chi connectivity index (χ0n) is 12.1. The first kappa shape index (κ1) is 15.9. The van der Waals surface area contributed by atoms with E-state index in [-0.39, 0.29) is 5.41 Å². The third kappa shape index (κ3) is 6.49. The molecule has 0 aromatic rings. The van der Waals surface area contributed by atoms with E-state index < -0.39 is 0 Å². The highest BCUT2D eigenvalue weighted by Gasteiger charge is 2.24. The highest BCUT2D eigenvalue weighted by atomic mass is 16.5. The van der Waals surface area contributed by atoms with Gasteiger partial charge in [0, 0.05) is 19.7 Å². The summed E-state index contributed by atoms with van der Waals surface area (Å²) in [6.45, 7) is 12.2. The number of methoxy groups -OCH3 is 1. The molecule has 0 aliphatic carbocycles. The largest absolute Gasteiger partial charge is 0.380 e. The number of ether oxygens (including phenoxy) is 1. The van der Waals surface area contributed by atoms with Gasteiger partial charge in [0.05, 0.1) is 6.10 Å². The van der Waals surface area contributed by atoms with Crippen molar-refractivity contribution in [2.45, 2.75) is 72.4 Å². The Morgan fingerprint density at radius 3 is 1.88 bits per heavy atom. The van der Waals surface area contributed by atoms with Crippen LogP contribution >= 0.6 is 0 Å². The lowest BCUT2D eigenvalue weighted by Gasteiger charge is -2.31. The molecule has 2 nitrogen and oxygen atoms in total. The topological polar surface area (TPSA) is 21.3 Å². The van der Waals surface area contributed by atoms with Crippen molar-refractivity contribution in [1.29, 1.82) is 0 Å². The van der Waals surface area contributed by atoms with Crippen molar-refractivity contribution >= 4 is 0 Å². The first-order valence-electron chi connectivity index (χ1n) is 6.71. The molecular formula is C14H31NO. The summed E-state index contributed by atoms with van der Waals surface area (Å²) in [4.78, 5) is 0. The minimum absolute atomic E-state index is 0.213. The lowest BCUT2D eigenvalue weighted by atomic mass is 9.88. The molecule has 0 spiro atoms. The molecule has 2 heteroatoms. The molecule has 0 aliphatic heterocycles. The molecular weight excluding hydrogens is 198 g/mol. The van der Waals surface area contributed by atoms with Gasteiger partial charge in [0.25, 0.3) is 0 Å². The maximum absolute atomic E-state index is 5.56. The molecule has 1 atom stereocenters. The van der Waals surface area contributed by atoms with Crippen molar-refractivity contribution in [3.05, 3.63) is 0 Å². The van der Waals surface area contributed by atoms with Crippen LogP contribution in [-0.4, -0.2) is 25.8 Å². The predicted molar refractivity (Wildman–Crippen MR) is 71.9 cm³/mol. The van der Waals surface area contributed by atoms with Gasteiger partial charge in [-0.3, -0.25) is 0 Å². The van der Waals surface area contributed by atoms with Crippen molar-refractivity contribution in [3.8, 4) is 0 Å². The number of nitrogens with one attached hydrogen (secondary N) is 1. The van der Waals surface area contributed by atoms with Crippen LogP contribution in [0.1, 0.15) is 60.3 Å². The van der Waals surface area contributed by atoms with Gasteiger partial charge in [0.1, 0.15) is 0 Å². The summed E-state index contributed by atoms with van der Waals surface area (Å²) in [6, 6.07) is 0.662. The van der Waals surface area contributed by atoms with Crippen LogP contribution in [0.15, 0.2) is 0 Å². The van der Waals surface area contributed by atoms with Crippen LogP contribution < -0.4 is 5.32 Å². The van der Waals surface area contributed by atoms with E-state index in [1.165, 1.54) is 25.7 Å². The van der Waals surface area contributed by atoms with E-state index in [2.05, 4.69) is 39.9 Å². The summed E-state index contributed by atoms with van der Waals surface area (Å²) in [5, 5.41) is 3.65. The molecule has 0 amide bonds. The van der Waals surface area contributed by atoms with Crippen LogP contribution in [0.3, 0.4) is 0 Å². The van der Waals surface area contributed by atoms with E-state index in [4.69, 9.17) is 4.74 Å². The van der Waals surface area contributed by atoms with Crippen molar-refractivity contribution in [1.82, 2.24) is 5.32 Å². The van der Waals surface area contributed by atoms with Crippen LogP contribution in [0.5, 0.6) is 0 Å². The Kier molecular flexibility index (Phi) is 8.04. The summed E-state index contributed by atoms with van der Waals surface area (Å²) in [6.07, 6.45) is 5.35. The Morgan fingerprint density at radius 2 is 1.56 bits per heavy atom. The molecule has 0 fully saturated rings. The zero-order chi connectivity index (χ0) is 12.6. The third-order valence-corrected chi connectivity index (χ3v) is 3.12. The summed E-state index contributed by atoms with van der Waals surface area (Å²) in [5.74, 6) is 0. The Bertz CT molecular complexity index is 157. The van der Waals surface area contributed by atoms with Gasteiger partial charge >= 0.3 is 0 Å². The minimum atomic E-state index is 0.213. The van der Waals surface area contributed by atoms with E-state index in [0.717, 1.165) is 6.54 Å². The van der Waals surface area contributed by atoms with Crippen LogP contribution in [0.25, 0.3) is 0 Å². The predicted octanol–water partition coefficient (Wildman–Crippen LogP) is 3.61.